The molecule has 2 aromatic heterocycles. The fraction of sp³-hybridized carbons (Fsp3) is 0.296. The summed E-state index contributed by atoms with van der Waals surface area (Å²) in [7, 11) is 1.35. The molecule has 1 aliphatic rings. The number of H-pyrrole nitrogens is 1. The van der Waals surface area contributed by atoms with Crippen LogP contribution in [-0.2, 0) is 9.53 Å². The fourth-order valence-electron chi connectivity index (χ4n) is 3.94. The molecular formula is C27H28FN3O3. The molecule has 0 amide bonds. The molecule has 34 heavy (non-hydrogen) atoms. The van der Waals surface area contributed by atoms with E-state index in [2.05, 4.69) is 19.7 Å². The van der Waals surface area contributed by atoms with Crippen LogP contribution in [0.3, 0.4) is 0 Å². The number of ether oxygens (including phenoxy) is 2. The smallest absolute Gasteiger partial charge is 0.302 e. The highest BCUT2D eigenvalue weighted by Gasteiger charge is 2.16. The van der Waals surface area contributed by atoms with Gasteiger partial charge in [-0.3, -0.25) is 4.79 Å². The van der Waals surface area contributed by atoms with Crippen molar-refractivity contribution in [2.45, 2.75) is 45.1 Å². The van der Waals surface area contributed by atoms with Crippen molar-refractivity contribution in [3.8, 4) is 28.4 Å². The number of carbonyl (C=O) groups excluding carboxylic acids is 1. The third-order valence-corrected chi connectivity index (χ3v) is 5.81. The molecule has 5 rings (SSSR count). The van der Waals surface area contributed by atoms with Gasteiger partial charge < -0.3 is 14.5 Å². The summed E-state index contributed by atoms with van der Waals surface area (Å²) in [5.41, 5.74) is 3.80. The summed E-state index contributed by atoms with van der Waals surface area (Å²) in [5.74, 6) is 0.610. The molecule has 1 aliphatic carbocycles. The molecule has 0 spiro atoms. The van der Waals surface area contributed by atoms with Gasteiger partial charge >= 0.3 is 5.97 Å². The maximum atomic E-state index is 14.8. The molecule has 0 radical (unpaired) electrons. The zero-order chi connectivity index (χ0) is 23.9. The quantitative estimate of drug-likeness (QED) is 0.360. The van der Waals surface area contributed by atoms with E-state index in [1.165, 1.54) is 39.4 Å². The predicted octanol–water partition coefficient (Wildman–Crippen LogP) is 6.32. The number of aromatic nitrogens is 3. The largest absolute Gasteiger partial charge is 0.474 e. The van der Waals surface area contributed by atoms with Crippen LogP contribution >= 0.6 is 0 Å². The van der Waals surface area contributed by atoms with Gasteiger partial charge in [0.15, 0.2) is 0 Å². The highest BCUT2D eigenvalue weighted by atomic mass is 19.1. The van der Waals surface area contributed by atoms with Crippen molar-refractivity contribution in [1.82, 2.24) is 15.0 Å². The van der Waals surface area contributed by atoms with Gasteiger partial charge in [-0.1, -0.05) is 24.6 Å². The average Bonchev–Trinajstić information content (AvgIpc) is 3.29. The minimum Gasteiger partial charge on any atom is -0.474 e. The second-order valence-electron chi connectivity index (χ2n) is 8.26. The van der Waals surface area contributed by atoms with Crippen molar-refractivity contribution >= 4 is 17.0 Å². The number of esters is 1. The van der Waals surface area contributed by atoms with E-state index in [0.29, 0.717) is 17.3 Å². The Morgan fingerprint density at radius 3 is 2.41 bits per heavy atom. The van der Waals surface area contributed by atoms with Crippen molar-refractivity contribution in [1.29, 1.82) is 0 Å². The number of aromatic amines is 1. The van der Waals surface area contributed by atoms with Crippen molar-refractivity contribution in [3.63, 3.8) is 0 Å². The first kappa shape index (κ1) is 23.4. The Bertz CT molecular complexity index is 1210. The number of methoxy groups -OCH3 is 1. The zero-order valence-electron chi connectivity index (χ0n) is 19.4. The van der Waals surface area contributed by atoms with Gasteiger partial charge in [-0.15, -0.1) is 0 Å². The van der Waals surface area contributed by atoms with E-state index >= 15 is 0 Å². The molecule has 1 N–H and O–H groups in total. The highest BCUT2D eigenvalue weighted by molar-refractivity contribution is 5.80. The Morgan fingerprint density at radius 2 is 1.76 bits per heavy atom. The number of nitrogens with one attached hydrogen (secondary N) is 1. The molecule has 176 valence electrons. The van der Waals surface area contributed by atoms with E-state index in [1.54, 1.807) is 12.3 Å². The van der Waals surface area contributed by atoms with E-state index in [-0.39, 0.29) is 17.9 Å². The summed E-state index contributed by atoms with van der Waals surface area (Å²) < 4.78 is 24.9. The molecular weight excluding hydrogens is 433 g/mol. The molecule has 1 fully saturated rings. The van der Waals surface area contributed by atoms with Crippen molar-refractivity contribution in [2.75, 3.05) is 7.11 Å². The lowest BCUT2D eigenvalue weighted by Crippen LogP contribution is -2.20. The summed E-state index contributed by atoms with van der Waals surface area (Å²) >= 11 is 0. The second-order valence-corrected chi connectivity index (χ2v) is 8.26. The van der Waals surface area contributed by atoms with Gasteiger partial charge in [-0.2, -0.15) is 0 Å². The van der Waals surface area contributed by atoms with Crippen LogP contribution in [0.4, 0.5) is 4.39 Å². The number of rotatable bonds is 4. The number of imidazole rings is 1. The molecule has 2 aromatic carbocycles. The zero-order valence-corrected chi connectivity index (χ0v) is 19.4. The molecule has 4 aromatic rings. The Balaban J connectivity index is 0.000000499. The molecule has 0 unspecified atom stereocenters. The maximum absolute atomic E-state index is 14.8. The van der Waals surface area contributed by atoms with Crippen LogP contribution in [0.2, 0.25) is 0 Å². The maximum Gasteiger partial charge on any atom is 0.302 e. The van der Waals surface area contributed by atoms with Crippen molar-refractivity contribution in [2.24, 2.45) is 0 Å². The minimum atomic E-state index is -0.316. The van der Waals surface area contributed by atoms with Crippen LogP contribution in [0.25, 0.3) is 33.5 Å². The van der Waals surface area contributed by atoms with Gasteiger partial charge in [0, 0.05) is 24.8 Å². The van der Waals surface area contributed by atoms with E-state index in [0.717, 1.165) is 35.0 Å². The summed E-state index contributed by atoms with van der Waals surface area (Å²) in [6, 6.07) is 16.7. The van der Waals surface area contributed by atoms with Crippen molar-refractivity contribution < 1.29 is 18.7 Å². The second kappa shape index (κ2) is 10.9. The minimum absolute atomic E-state index is 0.245. The number of carbonyl (C=O) groups is 1. The van der Waals surface area contributed by atoms with Gasteiger partial charge in [-0.25, -0.2) is 14.4 Å². The molecule has 0 atom stereocenters. The number of benzene rings is 2. The van der Waals surface area contributed by atoms with Crippen LogP contribution in [0, 0.1) is 5.82 Å². The summed E-state index contributed by atoms with van der Waals surface area (Å²) in [6.07, 6.45) is 7.94. The summed E-state index contributed by atoms with van der Waals surface area (Å²) in [4.78, 5) is 21.7. The van der Waals surface area contributed by atoms with Gasteiger partial charge in [0.2, 0.25) is 5.88 Å². The normalized spacial score (nSPS) is 13.7. The lowest BCUT2D eigenvalue weighted by Gasteiger charge is -2.22. The molecule has 2 heterocycles. The van der Waals surface area contributed by atoms with E-state index in [1.807, 2.05) is 42.5 Å². The van der Waals surface area contributed by atoms with E-state index in [9.17, 15) is 9.18 Å². The van der Waals surface area contributed by atoms with Crippen molar-refractivity contribution in [3.05, 3.63) is 66.6 Å². The standard InChI is InChI=1S/C24H22FN3O.C3H6O2/c25-20-14-16(10-12-19(20)24-27-21-8-4-5-9-22(21)28-24)17-11-13-23(26-15-17)29-18-6-2-1-3-7-18;1-3(4)5-2/h4-5,8-15,18H,1-3,6-7H2,(H,27,28);1-2H3. The number of pyridine rings is 1. The average molecular weight is 462 g/mol. The SMILES string of the molecule is COC(C)=O.Fc1cc(-c2ccc(OC3CCCCC3)nc2)ccc1-c1nc2ccccc2[nH]1. The monoisotopic (exact) mass is 461 g/mol. The predicted molar refractivity (Wildman–Crippen MR) is 130 cm³/mol. The Kier molecular flexibility index (Phi) is 7.52. The molecule has 6 nitrogen and oxygen atoms in total. The number of para-hydroxylation sites is 2. The molecule has 0 bridgehead atoms. The first-order valence-electron chi connectivity index (χ1n) is 11.5. The number of hydrogen-bond acceptors (Lipinski definition) is 5. The van der Waals surface area contributed by atoms with Gasteiger partial charge in [0.1, 0.15) is 17.7 Å². The van der Waals surface area contributed by atoms with Crippen LogP contribution in [0.15, 0.2) is 60.8 Å². The third kappa shape index (κ3) is 5.78. The van der Waals surface area contributed by atoms with Crippen LogP contribution in [-0.4, -0.2) is 34.1 Å². The lowest BCUT2D eigenvalue weighted by atomic mass is 9.98. The number of hydrogen-bond donors (Lipinski definition) is 1. The number of fused-ring (bicyclic) bond motifs is 1. The number of halogens is 1. The topological polar surface area (TPSA) is 77.1 Å². The van der Waals surface area contributed by atoms with Crippen LogP contribution < -0.4 is 4.74 Å². The molecule has 7 heteroatoms. The summed E-state index contributed by atoms with van der Waals surface area (Å²) in [6.45, 7) is 1.36. The van der Waals surface area contributed by atoms with Crippen LogP contribution in [0.1, 0.15) is 39.0 Å². The van der Waals surface area contributed by atoms with E-state index < -0.39 is 0 Å². The van der Waals surface area contributed by atoms with Crippen LogP contribution in [0.5, 0.6) is 5.88 Å². The Labute approximate surface area is 198 Å². The fourth-order valence-corrected chi connectivity index (χ4v) is 3.94. The summed E-state index contributed by atoms with van der Waals surface area (Å²) in [5, 5.41) is 0. The van der Waals surface area contributed by atoms with Gasteiger partial charge in [0.25, 0.3) is 0 Å². The molecule has 0 aliphatic heterocycles. The highest BCUT2D eigenvalue weighted by Crippen LogP contribution is 2.29. The Hall–Kier alpha value is -3.74. The first-order valence-corrected chi connectivity index (χ1v) is 11.5. The first-order chi connectivity index (χ1) is 16.5. The lowest BCUT2D eigenvalue weighted by molar-refractivity contribution is -0.137. The van der Waals surface area contributed by atoms with Gasteiger partial charge in [-0.05, 0) is 61.6 Å². The third-order valence-electron chi connectivity index (χ3n) is 5.81. The molecule has 0 saturated heterocycles. The Morgan fingerprint density at radius 1 is 1.03 bits per heavy atom. The number of nitrogens with zero attached hydrogens (tertiary/aromatic N) is 2. The van der Waals surface area contributed by atoms with E-state index in [4.69, 9.17) is 4.74 Å². The molecule has 1 saturated carbocycles. The van der Waals surface area contributed by atoms with Gasteiger partial charge in [0.05, 0.1) is 23.7 Å².